The summed E-state index contributed by atoms with van der Waals surface area (Å²) in [6, 6.07) is 8.09. The molecule has 0 saturated heterocycles. The summed E-state index contributed by atoms with van der Waals surface area (Å²) in [7, 11) is 2.03. The van der Waals surface area contributed by atoms with E-state index in [1.807, 2.05) is 69.9 Å². The van der Waals surface area contributed by atoms with E-state index in [1.54, 1.807) is 20.8 Å². The number of ether oxygens (including phenoxy) is 2. The van der Waals surface area contributed by atoms with E-state index in [1.165, 1.54) is 0 Å². The molecule has 0 radical (unpaired) electrons. The van der Waals surface area contributed by atoms with Crippen LogP contribution in [0.5, 0.6) is 0 Å². The maximum Gasteiger partial charge on any atom is 0.313 e. The minimum absolute atomic E-state index is 0.0324. The van der Waals surface area contributed by atoms with Crippen LogP contribution in [0, 0.1) is 24.2 Å². The van der Waals surface area contributed by atoms with E-state index in [0.717, 1.165) is 40.8 Å². The van der Waals surface area contributed by atoms with Crippen molar-refractivity contribution in [3.63, 3.8) is 0 Å². The molecule has 0 bridgehead atoms. The lowest BCUT2D eigenvalue weighted by Crippen LogP contribution is -2.41. The van der Waals surface area contributed by atoms with Crippen molar-refractivity contribution in [1.29, 1.82) is 0 Å². The smallest absolute Gasteiger partial charge is 0.313 e. The van der Waals surface area contributed by atoms with Gasteiger partial charge in [-0.05, 0) is 45.1 Å². The van der Waals surface area contributed by atoms with Crippen LogP contribution < -0.4 is 4.57 Å². The number of Topliss-reactive ketones (excluding diaryl/α,β-unsaturated/α-hetero) is 1. The molecule has 3 aromatic rings. The highest BCUT2D eigenvalue weighted by molar-refractivity contribution is 6.11. The standard InChI is InChI=1S/C31H42N3O5/c1-20-33(18-21-13-14-25-27(28(21)36)22-11-9-10-12-24(22)32(25)8)15-16-34(20)19-38-29(37)23(30(2,3)4)17-26(35)39-31(5,6)7/h9-12,15-16,21,23H,13-14,17-19H2,1-8H3/q+1/t21?,23-/m1/s1. The van der Waals surface area contributed by atoms with Gasteiger partial charge < -0.3 is 14.0 Å². The molecular weight excluding hydrogens is 494 g/mol. The van der Waals surface area contributed by atoms with E-state index in [2.05, 4.69) is 15.2 Å². The fourth-order valence-corrected chi connectivity index (χ4v) is 5.47. The summed E-state index contributed by atoms with van der Waals surface area (Å²) in [6.45, 7) is 13.7. The van der Waals surface area contributed by atoms with Crippen LogP contribution in [0.2, 0.25) is 0 Å². The summed E-state index contributed by atoms with van der Waals surface area (Å²) in [5, 5.41) is 1.02. The molecule has 1 aromatic carbocycles. The number of carbonyl (C=O) groups is 3. The third kappa shape index (κ3) is 6.10. The second kappa shape index (κ2) is 10.6. The van der Waals surface area contributed by atoms with Gasteiger partial charge in [-0.2, -0.15) is 4.57 Å². The summed E-state index contributed by atoms with van der Waals surface area (Å²) in [5.74, 6) is -0.525. The minimum atomic E-state index is -0.634. The zero-order valence-corrected chi connectivity index (χ0v) is 24.5. The van der Waals surface area contributed by atoms with Crippen molar-refractivity contribution < 1.29 is 28.4 Å². The van der Waals surface area contributed by atoms with Crippen LogP contribution in [0.25, 0.3) is 10.9 Å². The first kappa shape index (κ1) is 28.6. The molecule has 2 atom stereocenters. The van der Waals surface area contributed by atoms with E-state index < -0.39 is 28.9 Å². The quantitative estimate of drug-likeness (QED) is 0.316. The van der Waals surface area contributed by atoms with Gasteiger partial charge in [0.05, 0.1) is 18.3 Å². The van der Waals surface area contributed by atoms with Crippen molar-refractivity contribution in [2.24, 2.45) is 24.3 Å². The Morgan fingerprint density at radius 3 is 2.49 bits per heavy atom. The Balaban J connectivity index is 1.43. The number of hydrogen-bond acceptors (Lipinski definition) is 5. The highest BCUT2D eigenvalue weighted by Gasteiger charge is 2.37. The number of rotatable bonds is 7. The number of benzene rings is 1. The van der Waals surface area contributed by atoms with Crippen LogP contribution >= 0.6 is 0 Å². The number of para-hydroxylation sites is 1. The molecule has 0 aliphatic heterocycles. The van der Waals surface area contributed by atoms with Gasteiger partial charge in [0.2, 0.25) is 6.73 Å². The number of hydrogen-bond donors (Lipinski definition) is 0. The zero-order valence-electron chi connectivity index (χ0n) is 24.5. The van der Waals surface area contributed by atoms with Gasteiger partial charge in [-0.1, -0.05) is 39.0 Å². The fraction of sp³-hybridized carbons (Fsp3) is 0.548. The predicted molar refractivity (Wildman–Crippen MR) is 148 cm³/mol. The van der Waals surface area contributed by atoms with Crippen molar-refractivity contribution in [1.82, 2.24) is 9.13 Å². The molecule has 0 fully saturated rings. The number of esters is 2. The fourth-order valence-electron chi connectivity index (χ4n) is 5.47. The first-order chi connectivity index (χ1) is 18.2. The second-order valence-electron chi connectivity index (χ2n) is 12.8. The van der Waals surface area contributed by atoms with Crippen molar-refractivity contribution >= 4 is 28.6 Å². The number of carbonyl (C=O) groups excluding carboxylic acids is 3. The Kier molecular flexibility index (Phi) is 7.79. The first-order valence-electron chi connectivity index (χ1n) is 13.7. The minimum Gasteiger partial charge on any atom is -0.460 e. The second-order valence-corrected chi connectivity index (χ2v) is 12.8. The lowest BCUT2D eigenvalue weighted by atomic mass is 9.79. The molecule has 2 aromatic heterocycles. The Morgan fingerprint density at radius 2 is 1.82 bits per heavy atom. The molecule has 0 N–H and O–H groups in total. The van der Waals surface area contributed by atoms with Crippen molar-refractivity contribution in [2.75, 3.05) is 0 Å². The van der Waals surface area contributed by atoms with Crippen molar-refractivity contribution in [3.8, 4) is 0 Å². The number of aromatic nitrogens is 3. The monoisotopic (exact) mass is 536 g/mol. The van der Waals surface area contributed by atoms with Gasteiger partial charge >= 0.3 is 11.9 Å². The Hall–Kier alpha value is -3.42. The number of nitrogens with zero attached hydrogens (tertiary/aromatic N) is 3. The van der Waals surface area contributed by atoms with Gasteiger partial charge in [-0.25, -0.2) is 4.57 Å². The van der Waals surface area contributed by atoms with Crippen LogP contribution in [0.15, 0.2) is 36.7 Å². The molecule has 1 unspecified atom stereocenters. The van der Waals surface area contributed by atoms with Gasteiger partial charge in [-0.3, -0.25) is 14.4 Å². The Bertz CT molecular complexity index is 1400. The van der Waals surface area contributed by atoms with Crippen LogP contribution in [0.1, 0.15) is 76.3 Å². The maximum atomic E-state index is 13.6. The average Bonchev–Trinajstić information content (AvgIpc) is 3.33. The molecule has 0 saturated carbocycles. The number of fused-ring (bicyclic) bond motifs is 3. The SMILES string of the molecule is Cc1n(CC2CCc3c(c4ccccc4n3C)C2=O)cc[n+]1COC(=O)[C@@H](CC(=O)OC(C)(C)C)C(C)(C)C. The molecule has 2 heterocycles. The third-order valence-corrected chi connectivity index (χ3v) is 7.72. The normalized spacial score (nSPS) is 16.7. The van der Waals surface area contributed by atoms with Gasteiger partial charge in [-0.15, -0.1) is 0 Å². The van der Waals surface area contributed by atoms with Crippen molar-refractivity contribution in [2.45, 2.75) is 86.6 Å². The summed E-state index contributed by atoms with van der Waals surface area (Å²) in [6.07, 6.45) is 5.40. The zero-order chi connectivity index (χ0) is 28.7. The van der Waals surface area contributed by atoms with Gasteiger partial charge in [0.25, 0.3) is 5.82 Å². The van der Waals surface area contributed by atoms with E-state index in [0.29, 0.717) is 6.54 Å². The molecule has 0 spiro atoms. The topological polar surface area (TPSA) is 83.4 Å². The summed E-state index contributed by atoms with van der Waals surface area (Å²) >= 11 is 0. The van der Waals surface area contributed by atoms with Crippen LogP contribution in [0.4, 0.5) is 0 Å². The lowest BCUT2D eigenvalue weighted by molar-refractivity contribution is -0.732. The summed E-state index contributed by atoms with van der Waals surface area (Å²) in [5.41, 5.74) is 1.97. The molecule has 0 amide bonds. The lowest BCUT2D eigenvalue weighted by Gasteiger charge is -2.29. The first-order valence-corrected chi connectivity index (χ1v) is 13.7. The maximum absolute atomic E-state index is 13.6. The molecule has 39 heavy (non-hydrogen) atoms. The van der Waals surface area contributed by atoms with Crippen LogP contribution in [-0.4, -0.2) is 32.5 Å². The van der Waals surface area contributed by atoms with E-state index in [-0.39, 0.29) is 24.9 Å². The van der Waals surface area contributed by atoms with E-state index in [9.17, 15) is 14.4 Å². The van der Waals surface area contributed by atoms with Crippen LogP contribution in [-0.2, 0) is 45.8 Å². The Morgan fingerprint density at radius 1 is 1.13 bits per heavy atom. The van der Waals surface area contributed by atoms with E-state index in [4.69, 9.17) is 9.47 Å². The summed E-state index contributed by atoms with van der Waals surface area (Å²) < 4.78 is 17.2. The number of aryl methyl sites for hydroxylation is 1. The largest absolute Gasteiger partial charge is 0.460 e. The Labute approximate surface area is 230 Å². The molecule has 1 aliphatic rings. The van der Waals surface area contributed by atoms with Gasteiger partial charge in [0.1, 0.15) is 24.5 Å². The predicted octanol–water partition coefficient (Wildman–Crippen LogP) is 4.92. The molecule has 210 valence electrons. The van der Waals surface area contributed by atoms with Crippen molar-refractivity contribution in [3.05, 3.63) is 53.7 Å². The molecule has 1 aliphatic carbocycles. The molecular formula is C31H42N3O5+. The van der Waals surface area contributed by atoms with E-state index >= 15 is 0 Å². The van der Waals surface area contributed by atoms with Crippen LogP contribution in [0.3, 0.4) is 0 Å². The van der Waals surface area contributed by atoms with Gasteiger partial charge in [0, 0.05) is 36.1 Å². The molecule has 4 rings (SSSR count). The summed E-state index contributed by atoms with van der Waals surface area (Å²) in [4.78, 5) is 39.1. The molecule has 8 heteroatoms. The average molecular weight is 537 g/mol. The molecule has 8 nitrogen and oxygen atoms in total. The number of ketones is 1. The highest BCUT2D eigenvalue weighted by atomic mass is 16.6. The highest BCUT2D eigenvalue weighted by Crippen LogP contribution is 2.34. The third-order valence-electron chi connectivity index (χ3n) is 7.72. The van der Waals surface area contributed by atoms with Gasteiger partial charge in [0.15, 0.2) is 5.78 Å². The number of imidazole rings is 1.